The summed E-state index contributed by atoms with van der Waals surface area (Å²) in [5.41, 5.74) is -0.288. The molecule has 3 aliphatic rings. The third-order valence-electron chi connectivity index (χ3n) is 4.96. The van der Waals surface area contributed by atoms with E-state index in [0.29, 0.717) is 5.92 Å². The zero-order chi connectivity index (χ0) is 11.3. The van der Waals surface area contributed by atoms with Gasteiger partial charge in [0.25, 0.3) is 0 Å². The first kappa shape index (κ1) is 11.0. The predicted molar refractivity (Wildman–Crippen MR) is 65.2 cm³/mol. The highest BCUT2D eigenvalue weighted by atomic mass is 16.3. The molecule has 16 heavy (non-hydrogen) atoms. The zero-order valence-electron chi connectivity index (χ0n) is 10.7. The number of aliphatic hydroxyl groups is 1. The molecule has 2 saturated carbocycles. The molecular formula is C14H25NO. The standard InChI is InChI=1S/C14H25NO/c1-10-5-11(2)7-13(6-10)15-8-14(16,9-15)12-3-4-12/h10-13,16H,3-9H2,1-2H3. The van der Waals surface area contributed by atoms with Crippen LogP contribution in [-0.2, 0) is 0 Å². The second-order valence-corrected chi connectivity index (χ2v) is 6.85. The lowest BCUT2D eigenvalue weighted by molar-refractivity contribution is -0.137. The highest BCUT2D eigenvalue weighted by molar-refractivity contribution is 5.07. The van der Waals surface area contributed by atoms with Crippen molar-refractivity contribution in [3.8, 4) is 0 Å². The van der Waals surface area contributed by atoms with Crippen LogP contribution in [0.25, 0.3) is 0 Å². The third kappa shape index (κ3) is 1.91. The fraction of sp³-hybridized carbons (Fsp3) is 1.00. The Hall–Kier alpha value is -0.0800. The molecule has 2 unspecified atom stereocenters. The molecule has 2 nitrogen and oxygen atoms in total. The van der Waals surface area contributed by atoms with Gasteiger partial charge in [0.05, 0.1) is 5.60 Å². The molecule has 1 saturated heterocycles. The molecule has 0 aromatic rings. The topological polar surface area (TPSA) is 23.5 Å². The van der Waals surface area contributed by atoms with E-state index >= 15 is 0 Å². The molecule has 1 aliphatic heterocycles. The number of nitrogens with zero attached hydrogens (tertiary/aromatic N) is 1. The normalized spacial score (nSPS) is 44.1. The minimum Gasteiger partial charge on any atom is -0.387 e. The first-order valence-corrected chi connectivity index (χ1v) is 7.03. The SMILES string of the molecule is CC1CC(C)CC(N2CC(O)(C3CC3)C2)C1. The van der Waals surface area contributed by atoms with Crippen LogP contribution in [0.4, 0.5) is 0 Å². The number of likely N-dealkylation sites (tertiary alicyclic amines) is 1. The van der Waals surface area contributed by atoms with Gasteiger partial charge in [0.2, 0.25) is 0 Å². The van der Waals surface area contributed by atoms with Crippen molar-refractivity contribution in [1.82, 2.24) is 4.90 Å². The number of hydrogen-bond acceptors (Lipinski definition) is 2. The highest BCUT2D eigenvalue weighted by Gasteiger charge is 2.53. The Labute approximate surface area is 99.0 Å². The Morgan fingerprint density at radius 1 is 1.00 bits per heavy atom. The van der Waals surface area contributed by atoms with Gasteiger partial charge in [-0.1, -0.05) is 13.8 Å². The smallest absolute Gasteiger partial charge is 0.0928 e. The van der Waals surface area contributed by atoms with Gasteiger partial charge in [-0.2, -0.15) is 0 Å². The van der Waals surface area contributed by atoms with Crippen LogP contribution >= 0.6 is 0 Å². The van der Waals surface area contributed by atoms with Gasteiger partial charge in [0.15, 0.2) is 0 Å². The van der Waals surface area contributed by atoms with Crippen LogP contribution < -0.4 is 0 Å². The van der Waals surface area contributed by atoms with Gasteiger partial charge in [-0.25, -0.2) is 0 Å². The van der Waals surface area contributed by atoms with Crippen molar-refractivity contribution in [3.05, 3.63) is 0 Å². The van der Waals surface area contributed by atoms with Crippen LogP contribution in [0.1, 0.15) is 46.0 Å². The van der Waals surface area contributed by atoms with Crippen LogP contribution in [0.2, 0.25) is 0 Å². The maximum absolute atomic E-state index is 10.3. The van der Waals surface area contributed by atoms with E-state index in [1.165, 1.54) is 32.1 Å². The number of β-amino-alcohol motifs (C(OH)–C–C–N with tert-alkyl or cyclic N) is 1. The molecule has 3 fully saturated rings. The van der Waals surface area contributed by atoms with Gasteiger partial charge in [0.1, 0.15) is 0 Å². The van der Waals surface area contributed by atoms with Crippen molar-refractivity contribution in [3.63, 3.8) is 0 Å². The third-order valence-corrected chi connectivity index (χ3v) is 4.96. The Kier molecular flexibility index (Phi) is 2.56. The molecule has 0 aromatic carbocycles. The molecule has 2 aliphatic carbocycles. The van der Waals surface area contributed by atoms with Gasteiger partial charge in [-0.3, -0.25) is 4.90 Å². The lowest BCUT2D eigenvalue weighted by atomic mass is 9.77. The van der Waals surface area contributed by atoms with E-state index in [9.17, 15) is 5.11 Å². The summed E-state index contributed by atoms with van der Waals surface area (Å²) in [6.07, 6.45) is 6.64. The Bertz CT molecular complexity index is 258. The molecule has 0 bridgehead atoms. The van der Waals surface area contributed by atoms with Crippen molar-refractivity contribution in [2.75, 3.05) is 13.1 Å². The van der Waals surface area contributed by atoms with Crippen LogP contribution in [-0.4, -0.2) is 34.7 Å². The van der Waals surface area contributed by atoms with E-state index in [4.69, 9.17) is 0 Å². The van der Waals surface area contributed by atoms with Crippen LogP contribution in [0.15, 0.2) is 0 Å². The molecule has 0 radical (unpaired) electrons. The van der Waals surface area contributed by atoms with E-state index in [2.05, 4.69) is 18.7 Å². The zero-order valence-corrected chi connectivity index (χ0v) is 10.7. The summed E-state index contributed by atoms with van der Waals surface area (Å²) in [4.78, 5) is 2.55. The summed E-state index contributed by atoms with van der Waals surface area (Å²) in [5, 5.41) is 10.3. The maximum atomic E-state index is 10.3. The van der Waals surface area contributed by atoms with Crippen molar-refractivity contribution >= 4 is 0 Å². The van der Waals surface area contributed by atoms with Crippen molar-refractivity contribution in [1.29, 1.82) is 0 Å². The summed E-state index contributed by atoms with van der Waals surface area (Å²) in [7, 11) is 0. The van der Waals surface area contributed by atoms with E-state index in [0.717, 1.165) is 31.0 Å². The van der Waals surface area contributed by atoms with E-state index in [1.807, 2.05) is 0 Å². The van der Waals surface area contributed by atoms with Crippen molar-refractivity contribution in [2.45, 2.75) is 57.6 Å². The second-order valence-electron chi connectivity index (χ2n) is 6.85. The molecule has 1 heterocycles. The highest BCUT2D eigenvalue weighted by Crippen LogP contribution is 2.46. The molecular weight excluding hydrogens is 198 g/mol. The first-order valence-electron chi connectivity index (χ1n) is 7.03. The minimum absolute atomic E-state index is 0.288. The van der Waals surface area contributed by atoms with Gasteiger partial charge >= 0.3 is 0 Å². The molecule has 3 rings (SSSR count). The Morgan fingerprint density at radius 2 is 1.56 bits per heavy atom. The summed E-state index contributed by atoms with van der Waals surface area (Å²) in [5.74, 6) is 2.40. The second kappa shape index (κ2) is 3.71. The first-order chi connectivity index (χ1) is 7.57. The lowest BCUT2D eigenvalue weighted by Crippen LogP contribution is -2.66. The van der Waals surface area contributed by atoms with Crippen molar-refractivity contribution < 1.29 is 5.11 Å². The fourth-order valence-electron chi connectivity index (χ4n) is 4.00. The molecule has 0 spiro atoms. The van der Waals surface area contributed by atoms with E-state index in [-0.39, 0.29) is 5.60 Å². The summed E-state index contributed by atoms with van der Waals surface area (Å²) in [6, 6.07) is 0.762. The Morgan fingerprint density at radius 3 is 2.06 bits per heavy atom. The van der Waals surface area contributed by atoms with Crippen LogP contribution in [0.3, 0.4) is 0 Å². The van der Waals surface area contributed by atoms with E-state index < -0.39 is 0 Å². The lowest BCUT2D eigenvalue weighted by Gasteiger charge is -2.53. The van der Waals surface area contributed by atoms with Crippen molar-refractivity contribution in [2.24, 2.45) is 17.8 Å². The number of hydrogen-bond donors (Lipinski definition) is 1. The summed E-state index contributed by atoms with van der Waals surface area (Å²) < 4.78 is 0. The van der Waals surface area contributed by atoms with Gasteiger partial charge in [-0.05, 0) is 49.9 Å². The molecule has 0 aromatic heterocycles. The number of rotatable bonds is 2. The van der Waals surface area contributed by atoms with Crippen LogP contribution in [0, 0.1) is 17.8 Å². The quantitative estimate of drug-likeness (QED) is 0.776. The molecule has 1 N–H and O–H groups in total. The minimum atomic E-state index is -0.288. The van der Waals surface area contributed by atoms with Crippen LogP contribution in [0.5, 0.6) is 0 Å². The monoisotopic (exact) mass is 223 g/mol. The average molecular weight is 223 g/mol. The summed E-state index contributed by atoms with van der Waals surface area (Å²) in [6.45, 7) is 6.69. The van der Waals surface area contributed by atoms with Gasteiger partial charge in [-0.15, -0.1) is 0 Å². The van der Waals surface area contributed by atoms with Gasteiger partial charge < -0.3 is 5.11 Å². The predicted octanol–water partition coefficient (Wildman–Crippen LogP) is 2.27. The van der Waals surface area contributed by atoms with E-state index in [1.54, 1.807) is 0 Å². The van der Waals surface area contributed by atoms with Gasteiger partial charge in [0, 0.05) is 19.1 Å². The average Bonchev–Trinajstić information content (AvgIpc) is 2.94. The Balaban J connectivity index is 1.55. The molecule has 2 atom stereocenters. The maximum Gasteiger partial charge on any atom is 0.0928 e. The molecule has 0 amide bonds. The largest absolute Gasteiger partial charge is 0.387 e. The summed E-state index contributed by atoms with van der Waals surface area (Å²) >= 11 is 0. The molecule has 2 heteroatoms. The molecule has 92 valence electrons. The fourth-order valence-corrected chi connectivity index (χ4v) is 4.00.